The van der Waals surface area contributed by atoms with Gasteiger partial charge in [-0.1, -0.05) is 136 Å². The molecule has 0 aliphatic heterocycles. The molecule has 0 saturated carbocycles. The van der Waals surface area contributed by atoms with Gasteiger partial charge in [-0.25, -0.2) is 4.57 Å². The molecule has 1 aromatic rings. The van der Waals surface area contributed by atoms with E-state index >= 15 is 0 Å². The van der Waals surface area contributed by atoms with Gasteiger partial charge < -0.3 is 0 Å². The van der Waals surface area contributed by atoms with Crippen molar-refractivity contribution < 1.29 is 4.57 Å². The standard InChI is InChI=1S/C33H62N/c1-4-7-10-13-14-15-16-17-18-19-22-25-28-34-30-32(26-23-20-11-8-5-2)29-33(31-34)27-24-21-12-9-6-3/h29-31H,4-28H2,1-3H3/q+1. The molecule has 1 rings (SSSR count). The van der Waals surface area contributed by atoms with Gasteiger partial charge in [0.1, 0.15) is 6.54 Å². The molecule has 0 aromatic carbocycles. The van der Waals surface area contributed by atoms with Crippen LogP contribution in [0.3, 0.4) is 0 Å². The maximum atomic E-state index is 2.54. The Morgan fingerprint density at radius 3 is 1.12 bits per heavy atom. The van der Waals surface area contributed by atoms with Crippen LogP contribution >= 0.6 is 0 Å². The first kappa shape index (κ1) is 31.2. The Bertz CT molecular complexity index is 517. The zero-order chi connectivity index (χ0) is 24.5. The van der Waals surface area contributed by atoms with Crippen molar-refractivity contribution >= 4 is 0 Å². The summed E-state index contributed by atoms with van der Waals surface area (Å²) in [6, 6.07) is 2.53. The fourth-order valence-corrected chi connectivity index (χ4v) is 5.18. The number of aryl methyl sites for hydroxylation is 3. The third-order valence-electron chi connectivity index (χ3n) is 7.44. The first-order valence-electron chi connectivity index (χ1n) is 15.8. The minimum Gasteiger partial charge on any atom is -0.205 e. The van der Waals surface area contributed by atoms with Gasteiger partial charge >= 0.3 is 0 Å². The third-order valence-corrected chi connectivity index (χ3v) is 7.44. The molecule has 0 saturated heterocycles. The summed E-state index contributed by atoms with van der Waals surface area (Å²) in [5.41, 5.74) is 3.17. The molecule has 0 unspecified atom stereocenters. The number of unbranched alkanes of at least 4 members (excludes halogenated alkanes) is 19. The first-order chi connectivity index (χ1) is 16.8. The largest absolute Gasteiger partial charge is 0.205 e. The van der Waals surface area contributed by atoms with Gasteiger partial charge in [-0.15, -0.1) is 0 Å². The van der Waals surface area contributed by atoms with E-state index in [0.717, 1.165) is 0 Å². The molecule has 0 N–H and O–H groups in total. The smallest absolute Gasteiger partial charge is 0.171 e. The van der Waals surface area contributed by atoms with Crippen molar-refractivity contribution in [2.75, 3.05) is 0 Å². The fraction of sp³-hybridized carbons (Fsp3) is 0.848. The van der Waals surface area contributed by atoms with E-state index in [1.807, 2.05) is 0 Å². The molecule has 1 aromatic heterocycles. The van der Waals surface area contributed by atoms with Gasteiger partial charge in [-0.2, -0.15) is 0 Å². The van der Waals surface area contributed by atoms with E-state index in [-0.39, 0.29) is 0 Å². The molecule has 0 fully saturated rings. The van der Waals surface area contributed by atoms with Crippen molar-refractivity contribution in [2.24, 2.45) is 0 Å². The predicted octanol–water partition coefficient (Wildman–Crippen LogP) is 10.7. The molecule has 0 aliphatic rings. The van der Waals surface area contributed by atoms with Crippen LogP contribution in [0, 0.1) is 0 Å². The molecular weight excluding hydrogens is 410 g/mol. The Morgan fingerprint density at radius 1 is 0.412 bits per heavy atom. The van der Waals surface area contributed by atoms with Crippen LogP contribution in [0.2, 0.25) is 0 Å². The lowest BCUT2D eigenvalue weighted by atomic mass is 10.0. The van der Waals surface area contributed by atoms with Crippen molar-refractivity contribution in [3.63, 3.8) is 0 Å². The molecule has 0 amide bonds. The molecular formula is C33H62N+. The van der Waals surface area contributed by atoms with Crippen LogP contribution in [0.15, 0.2) is 18.5 Å². The normalized spacial score (nSPS) is 11.4. The summed E-state index contributed by atoms with van der Waals surface area (Å²) in [7, 11) is 0. The van der Waals surface area contributed by atoms with E-state index in [1.54, 1.807) is 11.1 Å². The topological polar surface area (TPSA) is 3.88 Å². The molecule has 0 spiro atoms. The van der Waals surface area contributed by atoms with E-state index in [2.05, 4.69) is 43.8 Å². The average molecular weight is 473 g/mol. The van der Waals surface area contributed by atoms with Crippen molar-refractivity contribution in [2.45, 2.75) is 181 Å². The van der Waals surface area contributed by atoms with Crippen LogP contribution in [0.5, 0.6) is 0 Å². The summed E-state index contributed by atoms with van der Waals surface area (Å²) in [6.45, 7) is 8.13. The quantitative estimate of drug-likeness (QED) is 0.0983. The molecule has 0 aliphatic carbocycles. The lowest BCUT2D eigenvalue weighted by molar-refractivity contribution is -0.698. The molecule has 0 bridgehead atoms. The summed E-state index contributed by atoms with van der Waals surface area (Å²) in [5, 5.41) is 0. The average Bonchev–Trinajstić information content (AvgIpc) is 2.84. The number of nitrogens with zero attached hydrogens (tertiary/aromatic N) is 1. The molecule has 1 nitrogen and oxygen atoms in total. The van der Waals surface area contributed by atoms with E-state index in [9.17, 15) is 0 Å². The van der Waals surface area contributed by atoms with E-state index in [1.165, 1.54) is 161 Å². The maximum Gasteiger partial charge on any atom is 0.171 e. The van der Waals surface area contributed by atoms with Gasteiger partial charge in [0, 0.05) is 17.5 Å². The molecule has 1 heterocycles. The van der Waals surface area contributed by atoms with Crippen LogP contribution in [0.1, 0.15) is 173 Å². The Morgan fingerprint density at radius 2 is 0.735 bits per heavy atom. The van der Waals surface area contributed by atoms with Gasteiger partial charge in [0.2, 0.25) is 0 Å². The summed E-state index contributed by atoms with van der Waals surface area (Å²) >= 11 is 0. The van der Waals surface area contributed by atoms with Crippen LogP contribution in [-0.2, 0) is 19.4 Å². The zero-order valence-corrected chi connectivity index (χ0v) is 23.9. The maximum absolute atomic E-state index is 2.54. The monoisotopic (exact) mass is 472 g/mol. The first-order valence-corrected chi connectivity index (χ1v) is 15.8. The molecule has 1 heteroatoms. The Hall–Kier alpha value is -0.850. The van der Waals surface area contributed by atoms with Gasteiger partial charge in [0.15, 0.2) is 12.4 Å². The van der Waals surface area contributed by atoms with Crippen molar-refractivity contribution in [3.05, 3.63) is 29.6 Å². The molecule has 0 radical (unpaired) electrons. The minimum absolute atomic E-state index is 1.21. The second-order valence-electron chi connectivity index (χ2n) is 11.0. The lowest BCUT2D eigenvalue weighted by Gasteiger charge is -2.07. The van der Waals surface area contributed by atoms with Crippen LogP contribution < -0.4 is 4.57 Å². The molecule has 198 valence electrons. The van der Waals surface area contributed by atoms with Gasteiger partial charge in [0.05, 0.1) is 0 Å². The van der Waals surface area contributed by atoms with Crippen LogP contribution in [-0.4, -0.2) is 0 Å². The highest BCUT2D eigenvalue weighted by Gasteiger charge is 2.08. The Balaban J connectivity index is 2.30. The number of hydrogen-bond acceptors (Lipinski definition) is 0. The highest BCUT2D eigenvalue weighted by atomic mass is 14.9. The minimum atomic E-state index is 1.21. The second-order valence-corrected chi connectivity index (χ2v) is 11.0. The number of aromatic nitrogens is 1. The van der Waals surface area contributed by atoms with Crippen LogP contribution in [0.4, 0.5) is 0 Å². The molecule has 0 atom stereocenters. The number of rotatable bonds is 25. The number of hydrogen-bond donors (Lipinski definition) is 0. The summed E-state index contributed by atoms with van der Waals surface area (Å²) in [5.74, 6) is 0. The van der Waals surface area contributed by atoms with Gasteiger partial charge in [-0.3, -0.25) is 0 Å². The molecule has 34 heavy (non-hydrogen) atoms. The number of pyridine rings is 1. The predicted molar refractivity (Wildman–Crippen MR) is 153 cm³/mol. The third kappa shape index (κ3) is 18.5. The summed E-state index contributed by atoms with van der Waals surface area (Å²) in [6.07, 6.45) is 38.5. The second kappa shape index (κ2) is 23.9. The Labute approximate surface area is 215 Å². The van der Waals surface area contributed by atoms with Gasteiger partial charge in [-0.05, 0) is 38.2 Å². The van der Waals surface area contributed by atoms with Crippen molar-refractivity contribution in [1.29, 1.82) is 0 Å². The summed E-state index contributed by atoms with van der Waals surface area (Å²) < 4.78 is 2.54. The van der Waals surface area contributed by atoms with Crippen molar-refractivity contribution in [1.82, 2.24) is 0 Å². The fourth-order valence-electron chi connectivity index (χ4n) is 5.18. The zero-order valence-electron chi connectivity index (χ0n) is 23.9. The van der Waals surface area contributed by atoms with Gasteiger partial charge in [0.25, 0.3) is 0 Å². The van der Waals surface area contributed by atoms with Crippen LogP contribution in [0.25, 0.3) is 0 Å². The van der Waals surface area contributed by atoms with E-state index < -0.39 is 0 Å². The Kier molecular flexibility index (Phi) is 21.9. The summed E-state index contributed by atoms with van der Waals surface area (Å²) in [4.78, 5) is 0. The van der Waals surface area contributed by atoms with E-state index in [0.29, 0.717) is 0 Å². The SMILES string of the molecule is CCCCCCCCCCCCCC[n+]1cc(CCCCCCC)cc(CCCCCCC)c1. The van der Waals surface area contributed by atoms with E-state index in [4.69, 9.17) is 0 Å². The van der Waals surface area contributed by atoms with Crippen molar-refractivity contribution in [3.8, 4) is 0 Å². The highest BCUT2D eigenvalue weighted by Crippen LogP contribution is 2.14. The lowest BCUT2D eigenvalue weighted by Crippen LogP contribution is -2.34. The highest BCUT2D eigenvalue weighted by molar-refractivity contribution is 5.15.